The number of rotatable bonds is 7. The molecule has 2 aromatic heterocycles. The molecule has 0 atom stereocenters. The summed E-state index contributed by atoms with van der Waals surface area (Å²) in [6.07, 6.45) is 3.59. The van der Waals surface area contributed by atoms with E-state index in [1.807, 2.05) is 91.3 Å². The average Bonchev–Trinajstić information content (AvgIpc) is 3.56. The number of aryl methyl sites for hydroxylation is 2. The fourth-order valence-electron chi connectivity index (χ4n) is 3.93. The van der Waals surface area contributed by atoms with Crippen LogP contribution < -0.4 is 15.4 Å². The van der Waals surface area contributed by atoms with Gasteiger partial charge < -0.3 is 24.5 Å². The molecule has 9 nitrogen and oxygen atoms in total. The van der Waals surface area contributed by atoms with E-state index in [-0.39, 0.29) is 6.03 Å². The Morgan fingerprint density at radius 1 is 1.03 bits per heavy atom. The number of benzene rings is 3. The maximum absolute atomic E-state index is 12.5. The molecule has 37 heavy (non-hydrogen) atoms. The second-order valence-electron chi connectivity index (χ2n) is 8.65. The molecule has 0 spiro atoms. The average molecular weight is 495 g/mol. The van der Waals surface area contributed by atoms with Crippen LogP contribution in [-0.4, -0.2) is 32.8 Å². The van der Waals surface area contributed by atoms with Crippen LogP contribution in [0.3, 0.4) is 0 Å². The molecule has 0 aliphatic heterocycles. The molecule has 2 N–H and O–H groups in total. The lowest BCUT2D eigenvalue weighted by Crippen LogP contribution is -2.19. The summed E-state index contributed by atoms with van der Waals surface area (Å²) >= 11 is 0. The van der Waals surface area contributed by atoms with Crippen LogP contribution in [0.15, 0.2) is 83.8 Å². The van der Waals surface area contributed by atoms with Crippen molar-refractivity contribution in [2.24, 2.45) is 0 Å². The van der Waals surface area contributed by atoms with Gasteiger partial charge in [-0.15, -0.1) is 0 Å². The van der Waals surface area contributed by atoms with Gasteiger partial charge in [-0.05, 0) is 54.8 Å². The largest absolute Gasteiger partial charge is 0.495 e. The van der Waals surface area contributed by atoms with Gasteiger partial charge in [-0.3, -0.25) is 0 Å². The third kappa shape index (κ3) is 5.51. The number of imidazole rings is 1. The maximum Gasteiger partial charge on any atom is 0.323 e. The first kappa shape index (κ1) is 23.8. The zero-order chi connectivity index (χ0) is 25.8. The summed E-state index contributed by atoms with van der Waals surface area (Å²) in [5.74, 6) is 1.51. The van der Waals surface area contributed by atoms with Crippen LogP contribution in [0.5, 0.6) is 5.75 Å². The fourth-order valence-corrected chi connectivity index (χ4v) is 3.93. The molecule has 9 heteroatoms. The molecule has 5 aromatic rings. The number of nitrogens with zero attached hydrogens (tertiary/aromatic N) is 4. The Morgan fingerprint density at radius 3 is 2.62 bits per heavy atom. The van der Waals surface area contributed by atoms with E-state index in [1.165, 1.54) is 0 Å². The molecule has 0 radical (unpaired) electrons. The van der Waals surface area contributed by atoms with Gasteiger partial charge in [0.05, 0.1) is 19.1 Å². The molecule has 0 aliphatic rings. The Morgan fingerprint density at radius 2 is 1.84 bits per heavy atom. The van der Waals surface area contributed by atoms with E-state index < -0.39 is 0 Å². The summed E-state index contributed by atoms with van der Waals surface area (Å²) < 4.78 is 12.7. The fraction of sp³-hybridized carbons (Fsp3) is 0.143. The lowest BCUT2D eigenvalue weighted by Gasteiger charge is -2.12. The maximum atomic E-state index is 12.5. The van der Waals surface area contributed by atoms with Crippen LogP contribution in [-0.2, 0) is 6.54 Å². The van der Waals surface area contributed by atoms with E-state index in [2.05, 4.69) is 25.8 Å². The van der Waals surface area contributed by atoms with Crippen molar-refractivity contribution in [3.05, 3.63) is 95.9 Å². The molecular weight excluding hydrogens is 468 g/mol. The number of urea groups is 1. The normalized spacial score (nSPS) is 10.8. The Labute approximate surface area is 214 Å². The number of carbonyl (C=O) groups excluding carboxylic acids is 1. The van der Waals surface area contributed by atoms with Gasteiger partial charge in [0.25, 0.3) is 5.89 Å². The summed E-state index contributed by atoms with van der Waals surface area (Å²) in [4.78, 5) is 21.4. The minimum absolute atomic E-state index is 0.347. The van der Waals surface area contributed by atoms with Gasteiger partial charge in [-0.25, -0.2) is 9.78 Å². The van der Waals surface area contributed by atoms with Crippen molar-refractivity contribution < 1.29 is 14.1 Å². The van der Waals surface area contributed by atoms with Gasteiger partial charge in [0.15, 0.2) is 0 Å². The predicted molar refractivity (Wildman–Crippen MR) is 142 cm³/mol. The van der Waals surface area contributed by atoms with E-state index in [1.54, 1.807) is 13.4 Å². The molecule has 0 unspecified atom stereocenters. The van der Waals surface area contributed by atoms with Crippen molar-refractivity contribution in [1.82, 2.24) is 19.7 Å². The van der Waals surface area contributed by atoms with Crippen LogP contribution in [0.25, 0.3) is 23.0 Å². The van der Waals surface area contributed by atoms with Crippen molar-refractivity contribution in [2.75, 3.05) is 17.7 Å². The second kappa shape index (κ2) is 10.4. The SMILES string of the molecule is COc1ccc(C)cc1NC(=O)Nc1ccc(Cn2cnc(-c3nc(-c4ccccc4C)no3)c2)cc1. The number of ether oxygens (including phenoxy) is 1. The predicted octanol–water partition coefficient (Wildman–Crippen LogP) is 5.92. The highest BCUT2D eigenvalue weighted by Gasteiger charge is 2.14. The highest BCUT2D eigenvalue weighted by Crippen LogP contribution is 2.26. The highest BCUT2D eigenvalue weighted by molar-refractivity contribution is 6.00. The molecule has 2 amide bonds. The summed E-state index contributed by atoms with van der Waals surface area (Å²) in [5.41, 5.74) is 5.96. The molecule has 186 valence electrons. The van der Waals surface area contributed by atoms with E-state index in [0.29, 0.717) is 41.1 Å². The van der Waals surface area contributed by atoms with Crippen LogP contribution in [0.4, 0.5) is 16.2 Å². The standard InChI is InChI=1S/C28H26N6O3/c1-18-8-13-25(36-3)23(14-18)31-28(35)30-21-11-9-20(10-12-21)15-34-16-24(29-17-34)27-32-26(33-37-27)22-7-5-4-6-19(22)2/h4-14,16-17H,15H2,1-3H3,(H2,30,31,35). The van der Waals surface area contributed by atoms with Crippen molar-refractivity contribution in [3.63, 3.8) is 0 Å². The van der Waals surface area contributed by atoms with Gasteiger partial charge in [0.1, 0.15) is 11.4 Å². The number of anilines is 2. The summed E-state index contributed by atoms with van der Waals surface area (Å²) in [6.45, 7) is 4.56. The Kier molecular flexibility index (Phi) is 6.67. The molecule has 5 rings (SSSR count). The van der Waals surface area contributed by atoms with Crippen LogP contribution in [0.2, 0.25) is 0 Å². The van der Waals surface area contributed by atoms with Crippen LogP contribution >= 0.6 is 0 Å². The lowest BCUT2D eigenvalue weighted by atomic mass is 10.1. The first-order valence-electron chi connectivity index (χ1n) is 11.7. The molecule has 0 aliphatic carbocycles. The molecule has 3 aromatic carbocycles. The van der Waals surface area contributed by atoms with Gasteiger partial charge in [-0.2, -0.15) is 4.98 Å². The molecule has 0 fully saturated rings. The minimum Gasteiger partial charge on any atom is -0.495 e. The van der Waals surface area contributed by atoms with Crippen LogP contribution in [0, 0.1) is 13.8 Å². The summed E-state index contributed by atoms with van der Waals surface area (Å²) in [5, 5.41) is 9.78. The van der Waals surface area contributed by atoms with Crippen molar-refractivity contribution in [3.8, 4) is 28.7 Å². The number of aromatic nitrogens is 4. The van der Waals surface area contributed by atoms with E-state index in [9.17, 15) is 4.79 Å². The first-order valence-corrected chi connectivity index (χ1v) is 11.7. The molecule has 2 heterocycles. The number of hydrogen-bond acceptors (Lipinski definition) is 6. The molecular formula is C28H26N6O3. The van der Waals surface area contributed by atoms with E-state index >= 15 is 0 Å². The Balaban J connectivity index is 1.21. The number of methoxy groups -OCH3 is 1. The van der Waals surface area contributed by atoms with Crippen LogP contribution in [0.1, 0.15) is 16.7 Å². The zero-order valence-corrected chi connectivity index (χ0v) is 20.7. The highest BCUT2D eigenvalue weighted by atomic mass is 16.5. The minimum atomic E-state index is -0.347. The Hall–Kier alpha value is -4.92. The summed E-state index contributed by atoms with van der Waals surface area (Å²) in [6, 6.07) is 20.8. The van der Waals surface area contributed by atoms with Crippen molar-refractivity contribution >= 4 is 17.4 Å². The van der Waals surface area contributed by atoms with Gasteiger partial charge >= 0.3 is 6.03 Å². The molecule has 0 bridgehead atoms. The number of carbonyl (C=O) groups is 1. The van der Waals surface area contributed by atoms with Crippen molar-refractivity contribution in [2.45, 2.75) is 20.4 Å². The Bertz CT molecular complexity index is 1540. The monoisotopic (exact) mass is 494 g/mol. The topological polar surface area (TPSA) is 107 Å². The van der Waals surface area contributed by atoms with Gasteiger partial charge in [0.2, 0.25) is 5.82 Å². The second-order valence-corrected chi connectivity index (χ2v) is 8.65. The van der Waals surface area contributed by atoms with E-state index in [4.69, 9.17) is 9.26 Å². The zero-order valence-electron chi connectivity index (χ0n) is 20.7. The van der Waals surface area contributed by atoms with E-state index in [0.717, 1.165) is 22.3 Å². The third-order valence-electron chi connectivity index (χ3n) is 5.84. The first-order chi connectivity index (χ1) is 18.0. The number of hydrogen-bond donors (Lipinski definition) is 2. The smallest absolute Gasteiger partial charge is 0.323 e. The van der Waals surface area contributed by atoms with Crippen molar-refractivity contribution in [1.29, 1.82) is 0 Å². The molecule has 0 saturated heterocycles. The lowest BCUT2D eigenvalue weighted by molar-refractivity contribution is 0.262. The third-order valence-corrected chi connectivity index (χ3v) is 5.84. The summed E-state index contributed by atoms with van der Waals surface area (Å²) in [7, 11) is 1.57. The van der Waals surface area contributed by atoms with Gasteiger partial charge in [0, 0.05) is 24.0 Å². The number of nitrogens with one attached hydrogen (secondary N) is 2. The molecule has 0 saturated carbocycles. The number of amides is 2. The van der Waals surface area contributed by atoms with Gasteiger partial charge in [-0.1, -0.05) is 47.6 Å². The quantitative estimate of drug-likeness (QED) is 0.291.